The monoisotopic (exact) mass is 614 g/mol. The fraction of sp³-hybridized carbons (Fsp3) is 0. The fourth-order valence-corrected chi connectivity index (χ4v) is 10.1. The number of phenolic OH excluding ortho intramolecular Hbond substituents is 1. The van der Waals surface area contributed by atoms with Crippen molar-refractivity contribution in [2.24, 2.45) is 4.99 Å². The molecule has 0 unspecified atom stereocenters. The van der Waals surface area contributed by atoms with E-state index < -0.39 is 7.26 Å². The molecule has 0 fully saturated rings. The van der Waals surface area contributed by atoms with E-state index in [4.69, 9.17) is 4.99 Å². The number of rotatable bonds is 6. The second-order valence-corrected chi connectivity index (χ2v) is 13.3. The lowest BCUT2D eigenvalue weighted by molar-refractivity contribution is 0.468. The van der Waals surface area contributed by atoms with Crippen LogP contribution in [0.3, 0.4) is 0 Å². The van der Waals surface area contributed by atoms with E-state index in [1.54, 1.807) is 0 Å². The first-order chi connectivity index (χ1) is 17.6. The molecule has 0 spiro atoms. The summed E-state index contributed by atoms with van der Waals surface area (Å²) >= 11 is 6.83. The lowest BCUT2D eigenvalue weighted by Crippen LogP contribution is -2.40. The average molecular weight is 616 g/mol. The second-order valence-electron chi connectivity index (χ2n) is 8.25. The van der Waals surface area contributed by atoms with Crippen molar-refractivity contribution in [3.8, 4) is 5.75 Å². The van der Waals surface area contributed by atoms with Crippen LogP contribution < -0.4 is 21.2 Å². The van der Waals surface area contributed by atoms with Gasteiger partial charge in [0.2, 0.25) is 0 Å². The minimum atomic E-state index is -2.24. The Morgan fingerprint density at radius 2 is 1.00 bits per heavy atom. The number of phenols is 1. The minimum Gasteiger partial charge on any atom is -0.506 e. The summed E-state index contributed by atoms with van der Waals surface area (Å²) in [6.07, 6.45) is 1.93. The summed E-state index contributed by atoms with van der Waals surface area (Å²) in [5, 5.41) is 15.2. The van der Waals surface area contributed by atoms with Crippen LogP contribution in [0, 0.1) is 0 Å². The molecule has 5 rings (SSSR count). The second kappa shape index (κ2) is 10.9. The summed E-state index contributed by atoms with van der Waals surface area (Å²) in [6, 6.07) is 44.6. The average Bonchev–Trinajstić information content (AvgIpc) is 2.93. The van der Waals surface area contributed by atoms with E-state index in [-0.39, 0.29) is 5.75 Å². The molecule has 0 amide bonds. The van der Waals surface area contributed by atoms with E-state index in [0.717, 1.165) is 11.3 Å². The number of benzene rings is 5. The van der Waals surface area contributed by atoms with E-state index in [1.165, 1.54) is 21.2 Å². The molecule has 36 heavy (non-hydrogen) atoms. The van der Waals surface area contributed by atoms with E-state index in [1.807, 2.05) is 18.3 Å². The molecule has 0 aliphatic rings. The van der Waals surface area contributed by atoms with E-state index in [0.29, 0.717) is 8.95 Å². The number of halogens is 2. The zero-order valence-corrected chi connectivity index (χ0v) is 23.4. The van der Waals surface area contributed by atoms with Crippen molar-refractivity contribution >= 4 is 72.2 Å². The van der Waals surface area contributed by atoms with Crippen LogP contribution in [0.5, 0.6) is 5.75 Å². The van der Waals surface area contributed by atoms with Gasteiger partial charge >= 0.3 is 0 Å². The van der Waals surface area contributed by atoms with Crippen LogP contribution in [-0.4, -0.2) is 11.3 Å². The van der Waals surface area contributed by atoms with Gasteiger partial charge in [0.1, 0.15) is 34.2 Å². The van der Waals surface area contributed by atoms with Crippen LogP contribution in [0.2, 0.25) is 0 Å². The number of hydrogen-bond donors (Lipinski definition) is 1. The Morgan fingerprint density at radius 3 is 1.47 bits per heavy atom. The van der Waals surface area contributed by atoms with Crippen LogP contribution in [0.1, 0.15) is 5.56 Å². The number of aliphatic imine (C=N–C) groups is 1. The SMILES string of the molecule is Oc1c(Br)cc(N=Cc2ccccc2[P+](c2ccccc2)(c2ccccc2)c2ccccc2)cc1Br. The maximum Gasteiger partial charge on any atom is 0.145 e. The van der Waals surface area contributed by atoms with Gasteiger partial charge in [-0.1, -0.05) is 66.7 Å². The first-order valence-electron chi connectivity index (χ1n) is 11.5. The zero-order valence-electron chi connectivity index (χ0n) is 19.3. The summed E-state index contributed by atoms with van der Waals surface area (Å²) in [7, 11) is -2.24. The molecular weight excluding hydrogens is 593 g/mol. The molecule has 176 valence electrons. The topological polar surface area (TPSA) is 32.6 Å². The molecule has 5 aromatic carbocycles. The van der Waals surface area contributed by atoms with Gasteiger partial charge in [0.15, 0.2) is 0 Å². The number of hydrogen-bond acceptors (Lipinski definition) is 2. The quantitative estimate of drug-likeness (QED) is 0.158. The third kappa shape index (κ3) is 4.69. The van der Waals surface area contributed by atoms with Crippen LogP contribution in [0.15, 0.2) is 141 Å². The highest BCUT2D eigenvalue weighted by Crippen LogP contribution is 2.54. The third-order valence-electron chi connectivity index (χ3n) is 6.08. The summed E-state index contributed by atoms with van der Waals surface area (Å²) in [5.41, 5.74) is 1.80. The van der Waals surface area contributed by atoms with E-state index >= 15 is 0 Å². The Balaban J connectivity index is 1.79. The predicted octanol–water partition coefficient (Wildman–Crippen LogP) is 7.29. The highest BCUT2D eigenvalue weighted by Gasteiger charge is 2.48. The van der Waals surface area contributed by atoms with Crippen molar-refractivity contribution in [1.29, 1.82) is 0 Å². The van der Waals surface area contributed by atoms with Crippen molar-refractivity contribution in [1.82, 2.24) is 0 Å². The van der Waals surface area contributed by atoms with E-state index in [9.17, 15) is 5.11 Å². The van der Waals surface area contributed by atoms with Crippen molar-refractivity contribution in [2.45, 2.75) is 0 Å². The molecule has 0 aromatic heterocycles. The van der Waals surface area contributed by atoms with Gasteiger partial charge in [-0.2, -0.15) is 0 Å². The molecule has 0 aliphatic heterocycles. The fourth-order valence-electron chi connectivity index (χ4n) is 4.49. The van der Waals surface area contributed by atoms with Crippen molar-refractivity contribution in [2.75, 3.05) is 0 Å². The van der Waals surface area contributed by atoms with Crippen molar-refractivity contribution in [3.05, 3.63) is 142 Å². The maximum atomic E-state index is 10.1. The molecule has 0 heterocycles. The van der Waals surface area contributed by atoms with Crippen LogP contribution >= 0.6 is 39.1 Å². The lowest BCUT2D eigenvalue weighted by Gasteiger charge is -2.28. The Labute approximate surface area is 229 Å². The Morgan fingerprint density at radius 1 is 0.583 bits per heavy atom. The Kier molecular flexibility index (Phi) is 7.48. The van der Waals surface area contributed by atoms with Gasteiger partial charge in [-0.15, -0.1) is 0 Å². The van der Waals surface area contributed by atoms with E-state index in [2.05, 4.69) is 147 Å². The first-order valence-corrected chi connectivity index (χ1v) is 14.9. The van der Waals surface area contributed by atoms with Gasteiger partial charge in [-0.05, 0) is 92.5 Å². The summed E-state index contributed by atoms with van der Waals surface area (Å²) < 4.78 is 1.19. The normalized spacial score (nSPS) is 11.6. The molecule has 0 saturated carbocycles. The zero-order chi connectivity index (χ0) is 25.0. The molecule has 2 nitrogen and oxygen atoms in total. The molecule has 0 atom stereocenters. The smallest absolute Gasteiger partial charge is 0.145 e. The predicted molar refractivity (Wildman–Crippen MR) is 162 cm³/mol. The lowest BCUT2D eigenvalue weighted by atomic mass is 10.2. The molecule has 0 saturated heterocycles. The Hall–Kier alpha value is -3.04. The Bertz CT molecular complexity index is 1390. The van der Waals surface area contributed by atoms with Crippen LogP contribution in [-0.2, 0) is 0 Å². The summed E-state index contributed by atoms with van der Waals surface area (Å²) in [4.78, 5) is 4.82. The van der Waals surface area contributed by atoms with Gasteiger partial charge in [0.05, 0.1) is 14.6 Å². The minimum absolute atomic E-state index is 0.163. The van der Waals surface area contributed by atoms with Gasteiger partial charge < -0.3 is 5.11 Å². The largest absolute Gasteiger partial charge is 0.506 e. The van der Waals surface area contributed by atoms with Gasteiger partial charge in [0.25, 0.3) is 0 Å². The maximum absolute atomic E-state index is 10.1. The molecular formula is C31H23Br2NOP+. The highest BCUT2D eigenvalue weighted by atomic mass is 79.9. The first kappa shape index (κ1) is 24.6. The van der Waals surface area contributed by atoms with Crippen LogP contribution in [0.4, 0.5) is 5.69 Å². The summed E-state index contributed by atoms with van der Waals surface area (Å²) in [6.45, 7) is 0. The van der Waals surface area contributed by atoms with Crippen LogP contribution in [0.25, 0.3) is 0 Å². The number of nitrogens with zero attached hydrogens (tertiary/aromatic N) is 1. The molecule has 5 aromatic rings. The van der Waals surface area contributed by atoms with Crippen molar-refractivity contribution < 1.29 is 5.11 Å². The molecule has 0 radical (unpaired) electrons. The molecule has 1 N–H and O–H groups in total. The summed E-state index contributed by atoms with van der Waals surface area (Å²) in [5.74, 6) is 0.163. The van der Waals surface area contributed by atoms with Crippen molar-refractivity contribution in [3.63, 3.8) is 0 Å². The molecule has 5 heteroatoms. The standard InChI is InChI=1S/C31H22Br2NOP/c32-28-20-24(21-29(33)31(28)35)34-22-23-12-10-11-19-30(23)36(25-13-4-1-5-14-25,26-15-6-2-7-16-26)27-17-8-3-9-18-27/h1-22H/p+1. The highest BCUT2D eigenvalue weighted by molar-refractivity contribution is 9.11. The van der Waals surface area contributed by atoms with Gasteiger partial charge in [-0.25, -0.2) is 0 Å². The molecule has 0 bridgehead atoms. The van der Waals surface area contributed by atoms with Gasteiger partial charge in [0, 0.05) is 11.8 Å². The van der Waals surface area contributed by atoms with Gasteiger partial charge in [-0.3, -0.25) is 4.99 Å². The number of aromatic hydroxyl groups is 1. The molecule has 0 aliphatic carbocycles. The third-order valence-corrected chi connectivity index (χ3v) is 11.6.